The second-order valence-corrected chi connectivity index (χ2v) is 9.78. The van der Waals surface area contributed by atoms with Gasteiger partial charge >= 0.3 is 0 Å². The predicted octanol–water partition coefficient (Wildman–Crippen LogP) is 4.86. The molecule has 0 spiro atoms. The summed E-state index contributed by atoms with van der Waals surface area (Å²) in [5.74, 6) is 1.36. The fourth-order valence-corrected chi connectivity index (χ4v) is 4.32. The van der Waals surface area contributed by atoms with Crippen LogP contribution < -0.4 is 10.1 Å². The highest BCUT2D eigenvalue weighted by atomic mass is 16.5. The molecule has 6 nitrogen and oxygen atoms in total. The topological polar surface area (TPSA) is 63.7 Å². The van der Waals surface area contributed by atoms with Crippen molar-refractivity contribution in [2.75, 3.05) is 32.9 Å². The van der Waals surface area contributed by atoms with Crippen LogP contribution in [0.5, 0.6) is 5.75 Å². The van der Waals surface area contributed by atoms with Gasteiger partial charge < -0.3 is 14.8 Å². The number of hydrogen-bond donors (Lipinski definition) is 1. The van der Waals surface area contributed by atoms with Gasteiger partial charge in [-0.2, -0.15) is 0 Å². The number of pyridine rings is 1. The lowest BCUT2D eigenvalue weighted by Crippen LogP contribution is -2.29. The Morgan fingerprint density at radius 1 is 1.03 bits per heavy atom. The highest BCUT2D eigenvalue weighted by Crippen LogP contribution is 2.25. The van der Waals surface area contributed by atoms with Gasteiger partial charge in [0.1, 0.15) is 12.4 Å². The Kier molecular flexibility index (Phi) is 9.47. The molecule has 1 N–H and O–H groups in total. The van der Waals surface area contributed by atoms with Crippen molar-refractivity contribution in [3.05, 3.63) is 94.8 Å². The van der Waals surface area contributed by atoms with Crippen LogP contribution in [-0.2, 0) is 24.2 Å². The van der Waals surface area contributed by atoms with Crippen molar-refractivity contribution in [2.45, 2.75) is 39.8 Å². The Bertz CT molecular complexity index is 1120. The summed E-state index contributed by atoms with van der Waals surface area (Å²) in [6.07, 6.45) is 5.32. The van der Waals surface area contributed by atoms with Crippen LogP contribution in [0.1, 0.15) is 52.9 Å². The lowest BCUT2D eigenvalue weighted by molar-refractivity contribution is 0.0764. The minimum absolute atomic E-state index is 0.105. The third kappa shape index (κ3) is 7.90. The normalized spacial score (nSPS) is 15.0. The predicted molar refractivity (Wildman–Crippen MR) is 142 cm³/mol. The first kappa shape index (κ1) is 25.9. The molecule has 1 aromatic heterocycles. The number of carbonyl (C=O) groups excluding carboxylic acids is 1. The van der Waals surface area contributed by atoms with E-state index in [4.69, 9.17) is 9.47 Å². The van der Waals surface area contributed by atoms with Crippen LogP contribution in [0.3, 0.4) is 0 Å². The number of amides is 1. The number of nitrogens with one attached hydrogen (secondary N) is 1. The number of nitrogens with zero attached hydrogens (tertiary/aromatic N) is 2. The van der Waals surface area contributed by atoms with Crippen molar-refractivity contribution in [3.8, 4) is 5.75 Å². The SMILES string of the molecule is CC(C)CCN1CCOCCOc2ccc(C(=O)NCc3ccncc3)cc2Cc2cccc(c2)C1. The maximum absolute atomic E-state index is 12.9. The molecule has 190 valence electrons. The van der Waals surface area contributed by atoms with Gasteiger partial charge in [-0.05, 0) is 71.5 Å². The van der Waals surface area contributed by atoms with Gasteiger partial charge in [-0.25, -0.2) is 0 Å². The monoisotopic (exact) mass is 487 g/mol. The van der Waals surface area contributed by atoms with E-state index < -0.39 is 0 Å². The summed E-state index contributed by atoms with van der Waals surface area (Å²) < 4.78 is 12.0. The number of benzene rings is 2. The summed E-state index contributed by atoms with van der Waals surface area (Å²) in [6, 6.07) is 18.2. The third-order valence-corrected chi connectivity index (χ3v) is 6.38. The first-order chi connectivity index (χ1) is 17.6. The molecule has 2 heterocycles. The molecule has 0 unspecified atom stereocenters. The van der Waals surface area contributed by atoms with Crippen molar-refractivity contribution >= 4 is 5.91 Å². The van der Waals surface area contributed by atoms with E-state index in [0.717, 1.165) is 36.5 Å². The summed E-state index contributed by atoms with van der Waals surface area (Å²) >= 11 is 0. The van der Waals surface area contributed by atoms with Gasteiger partial charge in [0.05, 0.1) is 13.2 Å². The molecule has 0 radical (unpaired) electrons. The zero-order valence-electron chi connectivity index (χ0n) is 21.4. The van der Waals surface area contributed by atoms with E-state index in [0.29, 0.717) is 44.3 Å². The quantitative estimate of drug-likeness (QED) is 0.538. The summed E-state index contributed by atoms with van der Waals surface area (Å²) in [5.41, 5.74) is 5.14. The fraction of sp³-hybridized carbons (Fsp3) is 0.400. The standard InChI is InChI=1S/C30H37N3O3/c1-23(2)10-13-33-14-15-35-16-17-36-29-7-6-27(30(34)32-21-24-8-11-31-12-9-24)20-28(29)19-25-4-3-5-26(18-25)22-33/h3-9,11-12,18,20,23H,10,13-17,19,21-22H2,1-2H3,(H,32,34). The fourth-order valence-electron chi connectivity index (χ4n) is 4.32. The lowest BCUT2D eigenvalue weighted by Gasteiger charge is -2.24. The average Bonchev–Trinajstić information content (AvgIpc) is 2.88. The highest BCUT2D eigenvalue weighted by molar-refractivity contribution is 5.94. The van der Waals surface area contributed by atoms with Crippen molar-refractivity contribution in [1.82, 2.24) is 15.2 Å². The Morgan fingerprint density at radius 3 is 2.69 bits per heavy atom. The minimum atomic E-state index is -0.105. The summed E-state index contributed by atoms with van der Waals surface area (Å²) in [7, 11) is 0. The average molecular weight is 488 g/mol. The number of aromatic nitrogens is 1. The molecular weight excluding hydrogens is 450 g/mol. The van der Waals surface area contributed by atoms with Crippen LogP contribution in [0.2, 0.25) is 0 Å². The van der Waals surface area contributed by atoms with Gasteiger partial charge in [-0.15, -0.1) is 0 Å². The van der Waals surface area contributed by atoms with Crippen molar-refractivity contribution in [3.63, 3.8) is 0 Å². The molecule has 2 bridgehead atoms. The molecule has 0 aliphatic carbocycles. The largest absolute Gasteiger partial charge is 0.491 e. The first-order valence-electron chi connectivity index (χ1n) is 12.9. The second kappa shape index (κ2) is 13.2. The summed E-state index contributed by atoms with van der Waals surface area (Å²) in [4.78, 5) is 19.4. The van der Waals surface area contributed by atoms with Crippen LogP contribution in [0, 0.1) is 5.92 Å². The van der Waals surface area contributed by atoms with Gasteiger partial charge in [0.25, 0.3) is 5.91 Å². The molecule has 4 rings (SSSR count). The molecular formula is C30H37N3O3. The maximum Gasteiger partial charge on any atom is 0.251 e. The van der Waals surface area contributed by atoms with E-state index in [9.17, 15) is 4.79 Å². The molecule has 0 fully saturated rings. The Hall–Kier alpha value is -3.22. The highest BCUT2D eigenvalue weighted by Gasteiger charge is 2.14. The number of rotatable bonds is 6. The molecule has 6 heteroatoms. The van der Waals surface area contributed by atoms with Crippen LogP contribution in [0.4, 0.5) is 0 Å². The number of carbonyl (C=O) groups is 1. The Balaban J connectivity index is 1.52. The van der Waals surface area contributed by atoms with Crippen LogP contribution in [0.15, 0.2) is 67.0 Å². The maximum atomic E-state index is 12.9. The molecule has 0 saturated carbocycles. The van der Waals surface area contributed by atoms with Gasteiger partial charge in [0.2, 0.25) is 0 Å². The molecule has 36 heavy (non-hydrogen) atoms. The van der Waals surface area contributed by atoms with Crippen LogP contribution in [0.25, 0.3) is 0 Å². The van der Waals surface area contributed by atoms with Crippen LogP contribution in [-0.4, -0.2) is 48.7 Å². The zero-order valence-corrected chi connectivity index (χ0v) is 21.4. The lowest BCUT2D eigenvalue weighted by atomic mass is 9.99. The molecule has 0 atom stereocenters. The van der Waals surface area contributed by atoms with E-state index in [1.54, 1.807) is 12.4 Å². The molecule has 1 aliphatic heterocycles. The Morgan fingerprint density at radius 2 is 1.86 bits per heavy atom. The first-order valence-corrected chi connectivity index (χ1v) is 12.9. The van der Waals surface area contributed by atoms with E-state index in [1.807, 2.05) is 30.3 Å². The van der Waals surface area contributed by atoms with Gasteiger partial charge in [0, 0.05) is 44.0 Å². The third-order valence-electron chi connectivity index (χ3n) is 6.38. The zero-order chi connectivity index (χ0) is 25.2. The summed E-state index contributed by atoms with van der Waals surface area (Å²) in [5, 5.41) is 3.00. The van der Waals surface area contributed by atoms with Crippen molar-refractivity contribution < 1.29 is 14.3 Å². The minimum Gasteiger partial charge on any atom is -0.491 e. The van der Waals surface area contributed by atoms with E-state index >= 15 is 0 Å². The molecule has 1 amide bonds. The van der Waals surface area contributed by atoms with Gasteiger partial charge in [-0.3, -0.25) is 14.7 Å². The van der Waals surface area contributed by atoms with Crippen molar-refractivity contribution in [2.24, 2.45) is 5.92 Å². The van der Waals surface area contributed by atoms with Gasteiger partial charge in [-0.1, -0.05) is 38.1 Å². The van der Waals surface area contributed by atoms with E-state index in [-0.39, 0.29) is 5.91 Å². The van der Waals surface area contributed by atoms with Crippen molar-refractivity contribution in [1.29, 1.82) is 0 Å². The summed E-state index contributed by atoms with van der Waals surface area (Å²) in [6.45, 7) is 9.57. The molecule has 0 saturated heterocycles. The molecule has 1 aliphatic rings. The molecule has 3 aromatic rings. The second-order valence-electron chi connectivity index (χ2n) is 9.78. The van der Waals surface area contributed by atoms with E-state index in [1.165, 1.54) is 17.5 Å². The number of hydrogen-bond acceptors (Lipinski definition) is 5. The number of ether oxygens (including phenoxy) is 2. The van der Waals surface area contributed by atoms with Gasteiger partial charge in [0.15, 0.2) is 0 Å². The Labute approximate surface area is 214 Å². The number of fused-ring (bicyclic) bond motifs is 3. The van der Waals surface area contributed by atoms with Crippen LogP contribution >= 0.6 is 0 Å². The van der Waals surface area contributed by atoms with E-state index in [2.05, 4.69) is 53.3 Å². The molecule has 2 aromatic carbocycles. The smallest absolute Gasteiger partial charge is 0.251 e.